The van der Waals surface area contributed by atoms with Crippen molar-refractivity contribution in [3.63, 3.8) is 0 Å². The molecule has 1 aliphatic heterocycles. The fraction of sp³-hybridized carbons (Fsp3) is 0.500. The maximum atomic E-state index is 12.6. The molecule has 1 aromatic carbocycles. The second kappa shape index (κ2) is 7.65. The molecule has 2 rings (SSSR count). The van der Waals surface area contributed by atoms with Crippen LogP contribution in [-0.2, 0) is 16.1 Å². The van der Waals surface area contributed by atoms with Crippen LogP contribution in [0.25, 0.3) is 0 Å². The van der Waals surface area contributed by atoms with E-state index >= 15 is 0 Å². The summed E-state index contributed by atoms with van der Waals surface area (Å²) in [7, 11) is 1.53. The molecule has 0 bridgehead atoms. The molecule has 0 N–H and O–H groups in total. The van der Waals surface area contributed by atoms with Gasteiger partial charge in [-0.25, -0.2) is 0 Å². The van der Waals surface area contributed by atoms with E-state index in [0.717, 1.165) is 10.5 Å². The molecule has 0 aromatic heterocycles. The number of rotatable bonds is 4. The van der Waals surface area contributed by atoms with Crippen molar-refractivity contribution in [1.29, 1.82) is 0 Å². The molecule has 0 unspecified atom stereocenters. The topological polar surface area (TPSA) is 49.9 Å². The minimum absolute atomic E-state index is 0.104. The van der Waals surface area contributed by atoms with Crippen LogP contribution in [0.2, 0.25) is 0 Å². The molecule has 0 spiro atoms. The highest BCUT2D eigenvalue weighted by molar-refractivity contribution is 5.95. The van der Waals surface area contributed by atoms with Crippen molar-refractivity contribution in [2.75, 3.05) is 33.3 Å². The summed E-state index contributed by atoms with van der Waals surface area (Å²) < 4.78 is 41.9. The maximum Gasteiger partial charge on any atom is 0.397 e. The Morgan fingerprint density at radius 1 is 1.08 bits per heavy atom. The molecule has 1 saturated heterocycles. The zero-order chi connectivity index (χ0) is 17.7. The molecule has 1 heterocycles. The third kappa shape index (κ3) is 4.70. The average molecular weight is 344 g/mol. The van der Waals surface area contributed by atoms with Crippen molar-refractivity contribution >= 4 is 11.8 Å². The molecule has 1 aliphatic rings. The van der Waals surface area contributed by atoms with Crippen LogP contribution in [0.4, 0.5) is 13.2 Å². The normalized spacial score (nSPS) is 15.5. The molecule has 132 valence electrons. The van der Waals surface area contributed by atoms with E-state index in [2.05, 4.69) is 0 Å². The Hall–Kier alpha value is -2.09. The van der Waals surface area contributed by atoms with Crippen LogP contribution >= 0.6 is 0 Å². The van der Waals surface area contributed by atoms with Gasteiger partial charge in [-0.05, 0) is 11.6 Å². The van der Waals surface area contributed by atoms with E-state index in [0.29, 0.717) is 12.2 Å². The number of piperazine rings is 1. The van der Waals surface area contributed by atoms with E-state index in [1.54, 1.807) is 29.2 Å². The number of carbonyl (C=O) groups excluding carboxylic acids is 2. The van der Waals surface area contributed by atoms with Crippen molar-refractivity contribution < 1.29 is 27.5 Å². The first-order valence-corrected chi connectivity index (χ1v) is 7.52. The smallest absolute Gasteiger partial charge is 0.380 e. The summed E-state index contributed by atoms with van der Waals surface area (Å²) >= 11 is 0. The van der Waals surface area contributed by atoms with Crippen LogP contribution in [0.1, 0.15) is 22.3 Å². The molecule has 1 aromatic rings. The third-order valence-corrected chi connectivity index (χ3v) is 3.82. The lowest BCUT2D eigenvalue weighted by Gasteiger charge is -2.35. The Morgan fingerprint density at radius 2 is 1.67 bits per heavy atom. The molecule has 0 radical (unpaired) electrons. The summed E-state index contributed by atoms with van der Waals surface area (Å²) in [4.78, 5) is 26.9. The highest BCUT2D eigenvalue weighted by Gasteiger charge is 2.35. The second-order valence-electron chi connectivity index (χ2n) is 5.56. The molecular formula is C16H19F3N2O3. The summed E-state index contributed by atoms with van der Waals surface area (Å²) in [5.41, 5.74) is 1.26. The van der Waals surface area contributed by atoms with Gasteiger partial charge < -0.3 is 14.5 Å². The molecule has 5 nitrogen and oxygen atoms in total. The minimum atomic E-state index is -4.51. The zero-order valence-electron chi connectivity index (χ0n) is 13.3. The van der Waals surface area contributed by atoms with Crippen LogP contribution < -0.4 is 0 Å². The molecule has 0 aliphatic carbocycles. The van der Waals surface area contributed by atoms with Crippen molar-refractivity contribution in [3.8, 4) is 0 Å². The lowest BCUT2D eigenvalue weighted by Crippen LogP contribution is -2.51. The monoisotopic (exact) mass is 344 g/mol. The number of carbonyl (C=O) groups is 2. The van der Waals surface area contributed by atoms with Gasteiger partial charge in [0.25, 0.3) is 5.91 Å². The number of methoxy groups -OCH3 is 1. The Bertz CT molecular complexity index is 596. The van der Waals surface area contributed by atoms with Gasteiger partial charge in [0.2, 0.25) is 5.91 Å². The fourth-order valence-electron chi connectivity index (χ4n) is 2.62. The fourth-order valence-corrected chi connectivity index (χ4v) is 2.62. The van der Waals surface area contributed by atoms with Crippen LogP contribution in [-0.4, -0.2) is 61.1 Å². The quantitative estimate of drug-likeness (QED) is 0.840. The standard InChI is InChI=1S/C16H19F3N2O3/c1-24-11-12-4-2-3-5-13(12)15(23)21-8-6-20(7-9-21)14(22)10-16(17,18)19/h2-5H,6-11H2,1H3. The van der Waals surface area contributed by atoms with Crippen molar-refractivity contribution in [2.45, 2.75) is 19.2 Å². The van der Waals surface area contributed by atoms with E-state index in [1.165, 1.54) is 7.11 Å². The number of hydrogen-bond acceptors (Lipinski definition) is 3. The number of nitrogens with zero attached hydrogens (tertiary/aromatic N) is 2. The number of alkyl halides is 3. The summed E-state index contributed by atoms with van der Waals surface area (Å²) in [5.74, 6) is -1.15. The lowest BCUT2D eigenvalue weighted by atomic mass is 10.1. The van der Waals surface area contributed by atoms with Gasteiger partial charge in [0.1, 0.15) is 6.42 Å². The van der Waals surface area contributed by atoms with E-state index in [-0.39, 0.29) is 32.1 Å². The van der Waals surface area contributed by atoms with Crippen molar-refractivity contribution in [3.05, 3.63) is 35.4 Å². The summed E-state index contributed by atoms with van der Waals surface area (Å²) in [6.45, 7) is 0.930. The summed E-state index contributed by atoms with van der Waals surface area (Å²) in [6.07, 6.45) is -5.97. The van der Waals surface area contributed by atoms with Gasteiger partial charge in [-0.3, -0.25) is 9.59 Å². The van der Waals surface area contributed by atoms with Crippen LogP contribution in [0.5, 0.6) is 0 Å². The van der Waals surface area contributed by atoms with Crippen LogP contribution in [0.3, 0.4) is 0 Å². The highest BCUT2D eigenvalue weighted by Crippen LogP contribution is 2.21. The first-order chi connectivity index (χ1) is 11.3. The lowest BCUT2D eigenvalue weighted by molar-refractivity contribution is -0.162. The molecule has 1 fully saturated rings. The van der Waals surface area contributed by atoms with Crippen molar-refractivity contribution in [2.24, 2.45) is 0 Å². The molecule has 0 atom stereocenters. The first kappa shape index (κ1) is 18.3. The Labute approximate surface area is 138 Å². The molecule has 24 heavy (non-hydrogen) atoms. The predicted molar refractivity (Wildman–Crippen MR) is 80.3 cm³/mol. The molecule has 8 heteroatoms. The minimum Gasteiger partial charge on any atom is -0.380 e. The van der Waals surface area contributed by atoms with Gasteiger partial charge in [0.05, 0.1) is 6.61 Å². The van der Waals surface area contributed by atoms with Gasteiger partial charge in [-0.1, -0.05) is 18.2 Å². The van der Waals surface area contributed by atoms with E-state index in [9.17, 15) is 22.8 Å². The van der Waals surface area contributed by atoms with Crippen LogP contribution in [0, 0.1) is 0 Å². The number of halogens is 3. The Morgan fingerprint density at radius 3 is 2.25 bits per heavy atom. The number of ether oxygens (including phenoxy) is 1. The number of amides is 2. The van der Waals surface area contributed by atoms with E-state index in [4.69, 9.17) is 4.74 Å². The Kier molecular flexibility index (Phi) is 5.82. The largest absolute Gasteiger partial charge is 0.397 e. The predicted octanol–water partition coefficient (Wildman–Crippen LogP) is 2.07. The number of benzene rings is 1. The van der Waals surface area contributed by atoms with Crippen molar-refractivity contribution in [1.82, 2.24) is 9.80 Å². The zero-order valence-corrected chi connectivity index (χ0v) is 13.3. The Balaban J connectivity index is 1.97. The van der Waals surface area contributed by atoms with E-state index < -0.39 is 18.5 Å². The van der Waals surface area contributed by atoms with E-state index in [1.807, 2.05) is 0 Å². The van der Waals surface area contributed by atoms with Crippen LogP contribution in [0.15, 0.2) is 24.3 Å². The van der Waals surface area contributed by atoms with Gasteiger partial charge >= 0.3 is 6.18 Å². The average Bonchev–Trinajstić information content (AvgIpc) is 2.54. The second-order valence-corrected chi connectivity index (χ2v) is 5.56. The molecular weight excluding hydrogens is 325 g/mol. The third-order valence-electron chi connectivity index (χ3n) is 3.82. The highest BCUT2D eigenvalue weighted by atomic mass is 19.4. The SMILES string of the molecule is COCc1ccccc1C(=O)N1CCN(C(=O)CC(F)(F)F)CC1. The molecule has 2 amide bonds. The van der Waals surface area contributed by atoms with Gasteiger partial charge in [-0.15, -0.1) is 0 Å². The summed E-state index contributed by atoms with van der Waals surface area (Å²) in [6, 6.07) is 7.03. The van der Waals surface area contributed by atoms with Gasteiger partial charge in [0.15, 0.2) is 0 Å². The number of hydrogen-bond donors (Lipinski definition) is 0. The van der Waals surface area contributed by atoms with Gasteiger partial charge in [0, 0.05) is 38.9 Å². The maximum absolute atomic E-state index is 12.6. The van der Waals surface area contributed by atoms with Gasteiger partial charge in [-0.2, -0.15) is 13.2 Å². The molecule has 0 saturated carbocycles. The summed E-state index contributed by atoms with van der Waals surface area (Å²) in [5, 5.41) is 0. The first-order valence-electron chi connectivity index (χ1n) is 7.52.